The number of carbonyl (C=O) groups excluding carboxylic acids is 1. The Morgan fingerprint density at radius 3 is 2.70 bits per heavy atom. The number of benzene rings is 1. The van der Waals surface area contributed by atoms with Crippen molar-refractivity contribution in [2.24, 2.45) is 0 Å². The third-order valence-electron chi connectivity index (χ3n) is 2.74. The minimum absolute atomic E-state index is 0.0208. The SMILES string of the molecule is Cc1nc(NC(=O)c2ccc(N)c([N+](=O)[O-])c2)sc1C. The number of aromatic nitrogens is 1. The Bertz CT molecular complexity index is 677. The lowest BCUT2D eigenvalue weighted by atomic mass is 10.1. The van der Waals surface area contributed by atoms with Gasteiger partial charge in [-0.05, 0) is 26.0 Å². The molecule has 1 aromatic heterocycles. The first-order valence-corrected chi connectivity index (χ1v) is 6.49. The summed E-state index contributed by atoms with van der Waals surface area (Å²) < 4.78 is 0. The third kappa shape index (κ3) is 2.75. The highest BCUT2D eigenvalue weighted by Gasteiger charge is 2.16. The number of nitrogen functional groups attached to an aromatic ring is 1. The third-order valence-corrected chi connectivity index (χ3v) is 3.73. The highest BCUT2D eigenvalue weighted by molar-refractivity contribution is 7.15. The Labute approximate surface area is 118 Å². The van der Waals surface area contributed by atoms with Crippen molar-refractivity contribution in [3.05, 3.63) is 44.4 Å². The summed E-state index contributed by atoms with van der Waals surface area (Å²) in [6.45, 7) is 3.74. The average Bonchev–Trinajstić information content (AvgIpc) is 2.68. The van der Waals surface area contributed by atoms with Gasteiger partial charge in [0.25, 0.3) is 11.6 Å². The van der Waals surface area contributed by atoms with Gasteiger partial charge in [0.1, 0.15) is 5.69 Å². The first kappa shape index (κ1) is 13.9. The van der Waals surface area contributed by atoms with E-state index in [2.05, 4.69) is 10.3 Å². The lowest BCUT2D eigenvalue weighted by molar-refractivity contribution is -0.383. The van der Waals surface area contributed by atoms with E-state index in [0.717, 1.165) is 16.6 Å². The number of nitrogens with two attached hydrogens (primary N) is 1. The molecular formula is C12H12N4O3S. The largest absolute Gasteiger partial charge is 0.393 e. The quantitative estimate of drug-likeness (QED) is 0.513. The molecule has 0 aliphatic heterocycles. The summed E-state index contributed by atoms with van der Waals surface area (Å²) in [5, 5.41) is 13.9. The highest BCUT2D eigenvalue weighted by Crippen LogP contribution is 2.24. The predicted octanol–water partition coefficient (Wildman–Crippen LogP) is 2.50. The number of anilines is 2. The molecule has 1 amide bonds. The first-order valence-electron chi connectivity index (χ1n) is 5.68. The monoisotopic (exact) mass is 292 g/mol. The molecule has 1 heterocycles. The van der Waals surface area contributed by atoms with Gasteiger partial charge in [-0.1, -0.05) is 0 Å². The maximum absolute atomic E-state index is 12.0. The number of nitro benzene ring substituents is 1. The Morgan fingerprint density at radius 2 is 2.15 bits per heavy atom. The van der Waals surface area contributed by atoms with Gasteiger partial charge in [0, 0.05) is 16.5 Å². The Morgan fingerprint density at radius 1 is 1.45 bits per heavy atom. The van der Waals surface area contributed by atoms with Gasteiger partial charge in [0.05, 0.1) is 10.6 Å². The number of aryl methyl sites for hydroxylation is 2. The van der Waals surface area contributed by atoms with Crippen LogP contribution in [0.1, 0.15) is 20.9 Å². The van der Waals surface area contributed by atoms with Gasteiger partial charge in [-0.2, -0.15) is 0 Å². The minimum Gasteiger partial charge on any atom is -0.393 e. The lowest BCUT2D eigenvalue weighted by Crippen LogP contribution is -2.12. The number of nitrogens with zero attached hydrogens (tertiary/aromatic N) is 2. The van der Waals surface area contributed by atoms with Crippen LogP contribution in [0.4, 0.5) is 16.5 Å². The zero-order chi connectivity index (χ0) is 14.9. The average molecular weight is 292 g/mol. The van der Waals surface area contributed by atoms with Gasteiger partial charge in [-0.25, -0.2) is 4.98 Å². The molecule has 0 unspecified atom stereocenters. The van der Waals surface area contributed by atoms with Crippen LogP contribution < -0.4 is 11.1 Å². The molecule has 8 heteroatoms. The van der Waals surface area contributed by atoms with Crippen molar-refractivity contribution in [2.75, 3.05) is 11.1 Å². The molecule has 1 aromatic carbocycles. The number of hydrogen-bond acceptors (Lipinski definition) is 6. The van der Waals surface area contributed by atoms with Crippen LogP contribution in [0.25, 0.3) is 0 Å². The summed E-state index contributed by atoms with van der Waals surface area (Å²) in [6.07, 6.45) is 0. The number of nitrogens with one attached hydrogen (secondary N) is 1. The molecule has 0 fully saturated rings. The summed E-state index contributed by atoms with van der Waals surface area (Å²) in [4.78, 5) is 27.4. The van der Waals surface area contributed by atoms with E-state index >= 15 is 0 Å². The zero-order valence-corrected chi connectivity index (χ0v) is 11.7. The molecule has 3 N–H and O–H groups in total. The fourth-order valence-corrected chi connectivity index (χ4v) is 2.35. The number of amides is 1. The van der Waals surface area contributed by atoms with E-state index in [-0.39, 0.29) is 16.9 Å². The van der Waals surface area contributed by atoms with Crippen LogP contribution in [0.15, 0.2) is 18.2 Å². The summed E-state index contributed by atoms with van der Waals surface area (Å²) >= 11 is 1.35. The molecule has 0 aliphatic rings. The van der Waals surface area contributed by atoms with Gasteiger partial charge in [0.15, 0.2) is 5.13 Å². The van der Waals surface area contributed by atoms with Gasteiger partial charge in [-0.3, -0.25) is 20.2 Å². The van der Waals surface area contributed by atoms with E-state index in [1.165, 1.54) is 23.5 Å². The molecule has 0 aliphatic carbocycles. The number of hydrogen-bond donors (Lipinski definition) is 2. The Hall–Kier alpha value is -2.48. The van der Waals surface area contributed by atoms with E-state index in [4.69, 9.17) is 5.73 Å². The Balaban J connectivity index is 2.25. The van der Waals surface area contributed by atoms with Crippen LogP contribution in [-0.2, 0) is 0 Å². The molecule has 2 aromatic rings. The van der Waals surface area contributed by atoms with Gasteiger partial charge >= 0.3 is 0 Å². The molecule has 0 radical (unpaired) electrons. The van der Waals surface area contributed by atoms with Crippen LogP contribution >= 0.6 is 11.3 Å². The van der Waals surface area contributed by atoms with Crippen molar-refractivity contribution in [1.29, 1.82) is 0 Å². The van der Waals surface area contributed by atoms with Crippen LogP contribution in [0, 0.1) is 24.0 Å². The van der Waals surface area contributed by atoms with Crippen molar-refractivity contribution >= 4 is 33.8 Å². The Kier molecular flexibility index (Phi) is 3.66. The topological polar surface area (TPSA) is 111 Å². The minimum atomic E-state index is -0.621. The van der Waals surface area contributed by atoms with E-state index < -0.39 is 10.8 Å². The molecule has 0 bridgehead atoms. The normalized spacial score (nSPS) is 10.3. The number of carbonyl (C=O) groups is 1. The van der Waals surface area contributed by atoms with Gasteiger partial charge in [0.2, 0.25) is 0 Å². The highest BCUT2D eigenvalue weighted by atomic mass is 32.1. The van der Waals surface area contributed by atoms with E-state index in [0.29, 0.717) is 5.13 Å². The van der Waals surface area contributed by atoms with Crippen LogP contribution in [0.2, 0.25) is 0 Å². The van der Waals surface area contributed by atoms with Crippen LogP contribution in [0.5, 0.6) is 0 Å². The summed E-state index contributed by atoms with van der Waals surface area (Å²) in [5.41, 5.74) is 6.22. The van der Waals surface area contributed by atoms with Crippen LogP contribution in [0.3, 0.4) is 0 Å². The lowest BCUT2D eigenvalue weighted by Gasteiger charge is -2.03. The zero-order valence-electron chi connectivity index (χ0n) is 10.8. The molecule has 0 saturated heterocycles. The fourth-order valence-electron chi connectivity index (χ4n) is 1.54. The second kappa shape index (κ2) is 5.25. The predicted molar refractivity (Wildman–Crippen MR) is 77.1 cm³/mol. The second-order valence-corrected chi connectivity index (χ2v) is 5.35. The summed E-state index contributed by atoms with van der Waals surface area (Å²) in [7, 11) is 0. The van der Waals surface area contributed by atoms with Crippen molar-refractivity contribution in [3.8, 4) is 0 Å². The van der Waals surface area contributed by atoms with Crippen molar-refractivity contribution in [1.82, 2.24) is 4.98 Å². The molecular weight excluding hydrogens is 280 g/mol. The fraction of sp³-hybridized carbons (Fsp3) is 0.167. The molecule has 0 spiro atoms. The maximum atomic E-state index is 12.0. The molecule has 0 atom stereocenters. The van der Waals surface area contributed by atoms with Crippen molar-refractivity contribution in [3.63, 3.8) is 0 Å². The number of nitro groups is 1. The molecule has 2 rings (SSSR count). The van der Waals surface area contributed by atoms with E-state index in [9.17, 15) is 14.9 Å². The van der Waals surface area contributed by atoms with Crippen molar-refractivity contribution < 1.29 is 9.72 Å². The first-order chi connectivity index (χ1) is 9.38. The number of rotatable bonds is 3. The van der Waals surface area contributed by atoms with Gasteiger partial charge < -0.3 is 5.73 Å². The second-order valence-electron chi connectivity index (χ2n) is 4.15. The summed E-state index contributed by atoms with van der Waals surface area (Å²) in [6, 6.07) is 3.92. The molecule has 20 heavy (non-hydrogen) atoms. The molecule has 7 nitrogen and oxygen atoms in total. The summed E-state index contributed by atoms with van der Waals surface area (Å²) in [5.74, 6) is -0.457. The number of thiazole rings is 1. The van der Waals surface area contributed by atoms with E-state index in [1.807, 2.05) is 13.8 Å². The van der Waals surface area contributed by atoms with Crippen molar-refractivity contribution in [2.45, 2.75) is 13.8 Å². The maximum Gasteiger partial charge on any atom is 0.292 e. The van der Waals surface area contributed by atoms with Gasteiger partial charge in [-0.15, -0.1) is 11.3 Å². The molecule has 0 saturated carbocycles. The molecule has 104 valence electrons. The van der Waals surface area contributed by atoms with E-state index in [1.54, 1.807) is 0 Å². The smallest absolute Gasteiger partial charge is 0.292 e. The van der Waals surface area contributed by atoms with Crippen LogP contribution in [-0.4, -0.2) is 15.8 Å². The standard InChI is InChI=1S/C12H12N4O3S/c1-6-7(2)20-12(14-6)15-11(17)8-3-4-9(13)10(5-8)16(18)19/h3-5H,13H2,1-2H3,(H,14,15,17).